The van der Waals surface area contributed by atoms with E-state index in [-0.39, 0.29) is 12.5 Å². The van der Waals surface area contributed by atoms with Crippen molar-refractivity contribution in [3.05, 3.63) is 24.3 Å². The van der Waals surface area contributed by atoms with Gasteiger partial charge in [-0.1, -0.05) is 56.9 Å². The van der Waals surface area contributed by atoms with Crippen LogP contribution in [0.3, 0.4) is 0 Å². The summed E-state index contributed by atoms with van der Waals surface area (Å²) in [5.74, 6) is -0.708. The number of allylic oxidation sites excluding steroid dienone is 3. The van der Waals surface area contributed by atoms with E-state index in [2.05, 4.69) is 25.2 Å². The number of rotatable bonds is 14. The van der Waals surface area contributed by atoms with Crippen LogP contribution in [0.5, 0.6) is 0 Å². The number of carboxylic acids is 1. The molecule has 122 valence electrons. The Hall–Kier alpha value is -1.09. The Labute approximate surface area is 129 Å². The largest absolute Gasteiger partial charge is 0.481 e. The van der Waals surface area contributed by atoms with Crippen LogP contribution >= 0.6 is 0 Å². The van der Waals surface area contributed by atoms with Crippen LogP contribution in [0.15, 0.2) is 24.3 Å². The first kappa shape index (κ1) is 19.9. The first-order valence-corrected chi connectivity index (χ1v) is 8.38. The minimum atomic E-state index is -0.708. The highest BCUT2D eigenvalue weighted by atomic mass is 16.4. The van der Waals surface area contributed by atoms with E-state index < -0.39 is 5.97 Å². The van der Waals surface area contributed by atoms with Gasteiger partial charge in [0.15, 0.2) is 0 Å². The van der Waals surface area contributed by atoms with Crippen molar-refractivity contribution >= 4 is 5.97 Å². The maximum Gasteiger partial charge on any atom is 0.303 e. The predicted molar refractivity (Wildman–Crippen MR) is 88.4 cm³/mol. The second kappa shape index (κ2) is 15.3. The van der Waals surface area contributed by atoms with E-state index in [1.165, 1.54) is 0 Å². The molecule has 0 aromatic carbocycles. The molecule has 21 heavy (non-hydrogen) atoms. The van der Waals surface area contributed by atoms with E-state index in [0.717, 1.165) is 64.2 Å². The second-order valence-electron chi connectivity index (χ2n) is 5.51. The lowest BCUT2D eigenvalue weighted by molar-refractivity contribution is -0.137. The van der Waals surface area contributed by atoms with Crippen molar-refractivity contribution in [3.63, 3.8) is 0 Å². The van der Waals surface area contributed by atoms with Gasteiger partial charge in [-0.25, -0.2) is 0 Å². The highest BCUT2D eigenvalue weighted by molar-refractivity contribution is 5.66. The summed E-state index contributed by atoms with van der Waals surface area (Å²) >= 11 is 0. The van der Waals surface area contributed by atoms with Gasteiger partial charge in [0.1, 0.15) is 0 Å². The van der Waals surface area contributed by atoms with Crippen LogP contribution in [0.25, 0.3) is 0 Å². The number of hydrogen-bond acceptors (Lipinski definition) is 2. The summed E-state index contributed by atoms with van der Waals surface area (Å²) in [5.41, 5.74) is 0. The van der Waals surface area contributed by atoms with Crippen LogP contribution in [0.1, 0.15) is 77.6 Å². The second-order valence-corrected chi connectivity index (χ2v) is 5.51. The molecule has 0 aliphatic carbocycles. The van der Waals surface area contributed by atoms with E-state index >= 15 is 0 Å². The molecule has 0 heterocycles. The Bertz CT molecular complexity index is 295. The van der Waals surface area contributed by atoms with E-state index in [9.17, 15) is 9.90 Å². The van der Waals surface area contributed by atoms with Crippen molar-refractivity contribution in [1.29, 1.82) is 0 Å². The monoisotopic (exact) mass is 296 g/mol. The molecule has 0 spiro atoms. The molecule has 0 amide bonds. The number of aliphatic hydroxyl groups excluding tert-OH is 1. The summed E-state index contributed by atoms with van der Waals surface area (Å²) in [6, 6.07) is 0. The number of unbranched alkanes of at least 4 members (excludes halogenated alkanes) is 6. The average Bonchev–Trinajstić information content (AvgIpc) is 2.45. The fraction of sp³-hybridized carbons (Fsp3) is 0.722. The summed E-state index contributed by atoms with van der Waals surface area (Å²) in [4.78, 5) is 10.3. The molecule has 0 radical (unpaired) electrons. The fourth-order valence-corrected chi connectivity index (χ4v) is 2.15. The van der Waals surface area contributed by atoms with Crippen molar-refractivity contribution in [1.82, 2.24) is 0 Å². The smallest absolute Gasteiger partial charge is 0.303 e. The van der Waals surface area contributed by atoms with Gasteiger partial charge in [0.2, 0.25) is 0 Å². The van der Waals surface area contributed by atoms with Crippen LogP contribution in [0, 0.1) is 0 Å². The fourth-order valence-electron chi connectivity index (χ4n) is 2.15. The topological polar surface area (TPSA) is 57.5 Å². The molecule has 0 aliphatic heterocycles. The predicted octanol–water partition coefficient (Wildman–Crippen LogP) is 4.86. The third-order valence-corrected chi connectivity index (χ3v) is 3.39. The molecule has 1 atom stereocenters. The zero-order valence-corrected chi connectivity index (χ0v) is 13.5. The molecular weight excluding hydrogens is 264 g/mol. The molecule has 0 unspecified atom stereocenters. The van der Waals surface area contributed by atoms with Crippen LogP contribution in [-0.4, -0.2) is 22.3 Å². The lowest BCUT2D eigenvalue weighted by Gasteiger charge is -2.05. The third-order valence-electron chi connectivity index (χ3n) is 3.39. The van der Waals surface area contributed by atoms with Gasteiger partial charge < -0.3 is 10.2 Å². The molecule has 0 saturated heterocycles. The van der Waals surface area contributed by atoms with Gasteiger partial charge in [-0.2, -0.15) is 0 Å². The van der Waals surface area contributed by atoms with Crippen LogP contribution in [0.4, 0.5) is 0 Å². The molecular formula is C18H32O3. The SMILES string of the molecule is CC/C=C\CCC/C=C/[C@@H](O)CCCCCCCC(=O)O. The summed E-state index contributed by atoms with van der Waals surface area (Å²) in [7, 11) is 0. The number of aliphatic hydroxyl groups is 1. The summed E-state index contributed by atoms with van der Waals surface area (Å²) in [5, 5.41) is 18.3. The molecule has 0 rings (SSSR count). The molecule has 3 heteroatoms. The highest BCUT2D eigenvalue weighted by Gasteiger charge is 2.00. The Morgan fingerprint density at radius 2 is 1.62 bits per heavy atom. The minimum Gasteiger partial charge on any atom is -0.481 e. The van der Waals surface area contributed by atoms with E-state index in [0.29, 0.717) is 0 Å². The van der Waals surface area contributed by atoms with Gasteiger partial charge in [0.25, 0.3) is 0 Å². The van der Waals surface area contributed by atoms with Gasteiger partial charge in [-0.3, -0.25) is 4.79 Å². The molecule has 0 aromatic heterocycles. The molecule has 0 aromatic rings. The van der Waals surface area contributed by atoms with Crippen molar-refractivity contribution < 1.29 is 15.0 Å². The average molecular weight is 296 g/mol. The zero-order chi connectivity index (χ0) is 15.8. The molecule has 0 bridgehead atoms. The van der Waals surface area contributed by atoms with Crippen LogP contribution < -0.4 is 0 Å². The van der Waals surface area contributed by atoms with Gasteiger partial charge in [-0.15, -0.1) is 0 Å². The standard InChI is InChI=1S/C18H32O3/c1-2-3-4-5-6-8-11-14-17(19)15-12-9-7-10-13-16-18(20)21/h3-4,11,14,17,19H,2,5-10,12-13,15-16H2,1H3,(H,20,21)/b4-3-,14-11+/t17-/m1/s1. The Morgan fingerprint density at radius 3 is 2.33 bits per heavy atom. The van der Waals surface area contributed by atoms with Crippen molar-refractivity contribution in [2.45, 2.75) is 83.7 Å². The van der Waals surface area contributed by atoms with Gasteiger partial charge in [0, 0.05) is 6.42 Å². The number of carboxylic acid groups (broad SMARTS) is 1. The summed E-state index contributed by atoms with van der Waals surface area (Å²) < 4.78 is 0. The molecule has 0 aliphatic rings. The van der Waals surface area contributed by atoms with Crippen LogP contribution in [0.2, 0.25) is 0 Å². The van der Waals surface area contributed by atoms with E-state index in [1.54, 1.807) is 0 Å². The zero-order valence-electron chi connectivity index (χ0n) is 13.5. The number of carbonyl (C=O) groups is 1. The van der Waals surface area contributed by atoms with Gasteiger partial charge in [-0.05, 0) is 38.5 Å². The third kappa shape index (κ3) is 16.9. The normalized spacial score (nSPS) is 13.2. The number of aliphatic carboxylic acids is 1. The highest BCUT2D eigenvalue weighted by Crippen LogP contribution is 2.10. The lowest BCUT2D eigenvalue weighted by Crippen LogP contribution is -2.01. The molecule has 3 nitrogen and oxygen atoms in total. The maximum absolute atomic E-state index is 10.3. The van der Waals surface area contributed by atoms with E-state index in [1.807, 2.05) is 6.08 Å². The van der Waals surface area contributed by atoms with Crippen LogP contribution in [-0.2, 0) is 4.79 Å². The van der Waals surface area contributed by atoms with E-state index in [4.69, 9.17) is 5.11 Å². The number of hydrogen-bond donors (Lipinski definition) is 2. The Balaban J connectivity index is 3.35. The van der Waals surface area contributed by atoms with Gasteiger partial charge in [0.05, 0.1) is 6.10 Å². The molecule has 0 saturated carbocycles. The molecule has 2 N–H and O–H groups in total. The maximum atomic E-state index is 10.3. The van der Waals surface area contributed by atoms with Crippen molar-refractivity contribution in [2.75, 3.05) is 0 Å². The Kier molecular flexibility index (Phi) is 14.5. The summed E-state index contributed by atoms with van der Waals surface area (Å²) in [6.45, 7) is 2.14. The quantitative estimate of drug-likeness (QED) is 0.355. The summed E-state index contributed by atoms with van der Waals surface area (Å²) in [6.07, 6.45) is 18.4. The minimum absolute atomic E-state index is 0.277. The lowest BCUT2D eigenvalue weighted by atomic mass is 10.1. The first-order chi connectivity index (χ1) is 10.2. The first-order valence-electron chi connectivity index (χ1n) is 8.38. The van der Waals surface area contributed by atoms with Crippen molar-refractivity contribution in [3.8, 4) is 0 Å². The van der Waals surface area contributed by atoms with Crippen molar-refractivity contribution in [2.24, 2.45) is 0 Å². The Morgan fingerprint density at radius 1 is 0.952 bits per heavy atom. The van der Waals surface area contributed by atoms with Gasteiger partial charge >= 0.3 is 5.97 Å². The molecule has 0 fully saturated rings.